The van der Waals surface area contributed by atoms with E-state index in [9.17, 15) is 23.6 Å². The number of aromatic nitrogens is 5. The van der Waals surface area contributed by atoms with Gasteiger partial charge in [0.25, 0.3) is 5.91 Å². The Bertz CT molecular complexity index is 1760. The lowest BCUT2D eigenvalue weighted by Crippen LogP contribution is -2.45. The molecule has 0 aliphatic heterocycles. The Morgan fingerprint density at radius 1 is 0.956 bits per heavy atom. The van der Waals surface area contributed by atoms with Crippen molar-refractivity contribution < 1.29 is 28.2 Å². The second kappa shape index (κ2) is 12.7. The summed E-state index contributed by atoms with van der Waals surface area (Å²) in [5.41, 5.74) is -1.85. The minimum Gasteiger partial charge on any atom is -0.443 e. The number of nitrogens with one attached hydrogen (secondary N) is 2. The van der Waals surface area contributed by atoms with Gasteiger partial charge in [-0.25, -0.2) is 23.9 Å². The van der Waals surface area contributed by atoms with E-state index in [1.165, 1.54) is 41.2 Å². The van der Waals surface area contributed by atoms with Crippen molar-refractivity contribution in [3.63, 3.8) is 0 Å². The van der Waals surface area contributed by atoms with Crippen LogP contribution in [0.25, 0.3) is 22.6 Å². The van der Waals surface area contributed by atoms with Crippen LogP contribution in [0.2, 0.25) is 0 Å². The Morgan fingerprint density at radius 3 is 2.18 bits per heavy atom. The molecule has 4 heterocycles. The number of carbonyl (C=O) groups is 3. The first kappa shape index (κ1) is 32.5. The van der Waals surface area contributed by atoms with Crippen LogP contribution in [0.3, 0.4) is 0 Å². The van der Waals surface area contributed by atoms with E-state index in [-0.39, 0.29) is 29.2 Å². The van der Waals surface area contributed by atoms with Gasteiger partial charge in [0, 0.05) is 37.3 Å². The lowest BCUT2D eigenvalue weighted by Gasteiger charge is -2.29. The number of halogens is 1. The lowest BCUT2D eigenvalue weighted by atomic mass is 10.1. The summed E-state index contributed by atoms with van der Waals surface area (Å²) in [6, 6.07) is 8.79. The first-order valence-electron chi connectivity index (χ1n) is 13.9. The largest absolute Gasteiger partial charge is 0.443 e. The molecule has 45 heavy (non-hydrogen) atoms. The van der Waals surface area contributed by atoms with Gasteiger partial charge < -0.3 is 24.3 Å². The minimum atomic E-state index is -1.18. The van der Waals surface area contributed by atoms with Gasteiger partial charge in [-0.05, 0) is 71.9 Å². The van der Waals surface area contributed by atoms with E-state index in [4.69, 9.17) is 9.47 Å². The Labute approximate surface area is 258 Å². The molecule has 236 valence electrons. The van der Waals surface area contributed by atoms with Crippen LogP contribution < -0.4 is 15.8 Å². The first-order chi connectivity index (χ1) is 21.0. The average molecular weight is 620 g/mol. The number of nitrogens with zero attached hydrogens (tertiary/aromatic N) is 5. The molecule has 4 rings (SSSR count). The molecule has 0 fully saturated rings. The normalized spacial score (nSPS) is 11.6. The molecule has 3 amide bonds. The van der Waals surface area contributed by atoms with Crippen LogP contribution in [0.1, 0.15) is 57.7 Å². The first-order valence-corrected chi connectivity index (χ1v) is 13.9. The van der Waals surface area contributed by atoms with E-state index in [2.05, 4.69) is 25.3 Å². The number of rotatable bonds is 6. The van der Waals surface area contributed by atoms with Crippen LogP contribution in [0.4, 0.5) is 19.8 Å². The van der Waals surface area contributed by atoms with Gasteiger partial charge in [-0.3, -0.25) is 14.6 Å². The summed E-state index contributed by atoms with van der Waals surface area (Å²) < 4.78 is 26.7. The fourth-order valence-electron chi connectivity index (χ4n) is 3.99. The van der Waals surface area contributed by atoms with E-state index in [0.717, 1.165) is 0 Å². The van der Waals surface area contributed by atoms with Crippen molar-refractivity contribution in [2.45, 2.75) is 59.3 Å². The molecule has 14 heteroatoms. The number of aromatic amines is 1. The van der Waals surface area contributed by atoms with Crippen LogP contribution in [0.5, 0.6) is 0 Å². The zero-order chi connectivity index (χ0) is 33.1. The topological polar surface area (TPSA) is 161 Å². The van der Waals surface area contributed by atoms with Crippen LogP contribution in [-0.2, 0) is 23.1 Å². The van der Waals surface area contributed by atoms with Gasteiger partial charge in [-0.1, -0.05) is 0 Å². The highest BCUT2D eigenvalue weighted by Crippen LogP contribution is 2.33. The molecular formula is C31H34FN7O6. The number of carbonyl (C=O) groups excluding carboxylic acids is 3. The van der Waals surface area contributed by atoms with Crippen molar-refractivity contribution in [1.82, 2.24) is 29.8 Å². The molecule has 0 aliphatic carbocycles. The van der Waals surface area contributed by atoms with Crippen molar-refractivity contribution in [3.05, 3.63) is 82.5 Å². The zero-order valence-corrected chi connectivity index (χ0v) is 26.0. The Morgan fingerprint density at radius 2 is 1.62 bits per heavy atom. The van der Waals surface area contributed by atoms with Crippen molar-refractivity contribution in [2.75, 3.05) is 4.90 Å². The average Bonchev–Trinajstić information content (AvgIpc) is 3.47. The summed E-state index contributed by atoms with van der Waals surface area (Å²) in [5.74, 6) is -2.07. The van der Waals surface area contributed by atoms with Gasteiger partial charge >= 0.3 is 12.2 Å². The number of hydrogen-bond donors (Lipinski definition) is 2. The van der Waals surface area contributed by atoms with Crippen molar-refractivity contribution in [3.8, 4) is 22.6 Å². The third-order valence-corrected chi connectivity index (χ3v) is 5.92. The highest BCUT2D eigenvalue weighted by Gasteiger charge is 2.38. The summed E-state index contributed by atoms with van der Waals surface area (Å²) >= 11 is 0. The summed E-state index contributed by atoms with van der Waals surface area (Å²) in [6.45, 7) is 9.27. The molecule has 0 aliphatic rings. The van der Waals surface area contributed by atoms with E-state index in [1.807, 2.05) is 0 Å². The quantitative estimate of drug-likeness (QED) is 0.303. The van der Waals surface area contributed by atoms with Crippen LogP contribution in [0, 0.1) is 5.82 Å². The van der Waals surface area contributed by atoms with Crippen molar-refractivity contribution in [2.24, 2.45) is 7.05 Å². The number of imide groups is 1. The Kier molecular flexibility index (Phi) is 9.16. The molecule has 0 aromatic carbocycles. The predicted octanol–water partition coefficient (Wildman–Crippen LogP) is 4.98. The van der Waals surface area contributed by atoms with Crippen LogP contribution >= 0.6 is 0 Å². The van der Waals surface area contributed by atoms with Gasteiger partial charge in [0.15, 0.2) is 11.5 Å². The summed E-state index contributed by atoms with van der Waals surface area (Å²) in [7, 11) is 1.55. The third-order valence-electron chi connectivity index (χ3n) is 5.92. The minimum absolute atomic E-state index is 0.0576. The molecule has 0 atom stereocenters. The molecular weight excluding hydrogens is 585 g/mol. The number of amides is 3. The monoisotopic (exact) mass is 619 g/mol. The Balaban J connectivity index is 1.99. The number of hydrogen-bond acceptors (Lipinski definition) is 9. The van der Waals surface area contributed by atoms with Crippen molar-refractivity contribution >= 4 is 23.9 Å². The third kappa shape index (κ3) is 7.96. The van der Waals surface area contributed by atoms with E-state index < -0.39 is 46.6 Å². The molecule has 0 unspecified atom stereocenters. The highest BCUT2D eigenvalue weighted by atomic mass is 19.1. The molecule has 13 nitrogen and oxygen atoms in total. The number of H-pyrrole nitrogens is 1. The van der Waals surface area contributed by atoms with E-state index in [0.29, 0.717) is 16.2 Å². The molecule has 0 saturated carbocycles. The maximum Gasteiger partial charge on any atom is 0.425 e. The maximum absolute atomic E-state index is 14.3. The van der Waals surface area contributed by atoms with Gasteiger partial charge in [0.2, 0.25) is 5.56 Å². The van der Waals surface area contributed by atoms with E-state index >= 15 is 0 Å². The number of pyridine rings is 2. The smallest absolute Gasteiger partial charge is 0.425 e. The van der Waals surface area contributed by atoms with Gasteiger partial charge in [0.1, 0.15) is 28.4 Å². The molecule has 2 N–H and O–H groups in total. The van der Waals surface area contributed by atoms with Crippen LogP contribution in [-0.4, -0.2) is 53.8 Å². The molecule has 0 bridgehead atoms. The Hall–Kier alpha value is -5.40. The molecule has 0 spiro atoms. The lowest BCUT2D eigenvalue weighted by molar-refractivity contribution is 0.0428. The van der Waals surface area contributed by atoms with Gasteiger partial charge in [0.05, 0.1) is 17.9 Å². The number of anilines is 1. The summed E-state index contributed by atoms with van der Waals surface area (Å²) in [4.78, 5) is 69.9. The number of aryl methyl sites for hydroxylation is 1. The molecule has 0 radical (unpaired) electrons. The second-order valence-electron chi connectivity index (χ2n) is 12.0. The zero-order valence-electron chi connectivity index (χ0n) is 26.0. The molecule has 4 aromatic heterocycles. The fourth-order valence-corrected chi connectivity index (χ4v) is 3.99. The standard InChI is InChI=1S/C31H34FN7O6/c1-30(2,3)44-28(42)39(29(43)45-31(4,5)6)26-25(27(41)35-16-21-19(32)10-8-14-34-21)36-23(18-12-13-22(40)38(7)17-18)24(37-26)20-11-9-15-33-20/h8-15,17,33H,16H2,1-7H3,(H,35,41). The molecule has 0 saturated heterocycles. The summed E-state index contributed by atoms with van der Waals surface area (Å²) in [6.07, 6.45) is 2.14. The number of ether oxygens (including phenoxy) is 2. The fraction of sp³-hybridized carbons (Fsp3) is 0.323. The van der Waals surface area contributed by atoms with Crippen molar-refractivity contribution in [1.29, 1.82) is 0 Å². The second-order valence-corrected chi connectivity index (χ2v) is 12.0. The predicted molar refractivity (Wildman–Crippen MR) is 163 cm³/mol. The maximum atomic E-state index is 14.3. The van der Waals surface area contributed by atoms with Gasteiger partial charge in [-0.15, -0.1) is 0 Å². The SMILES string of the molecule is Cn1cc(-c2nc(C(=O)NCc3ncccc3F)c(N(C(=O)OC(C)(C)C)C(=O)OC(C)(C)C)nc2-c2ccc[nH]2)ccc1=O. The van der Waals surface area contributed by atoms with Gasteiger partial charge in [-0.2, -0.15) is 4.90 Å². The summed E-state index contributed by atoms with van der Waals surface area (Å²) in [5, 5.41) is 2.54. The van der Waals surface area contributed by atoms with Crippen LogP contribution in [0.15, 0.2) is 59.8 Å². The van der Waals surface area contributed by atoms with E-state index in [1.54, 1.807) is 66.9 Å². The highest BCUT2D eigenvalue weighted by molar-refractivity contribution is 6.13. The molecule has 4 aromatic rings.